The molecule has 5 rings (SSSR count). The standard InChI is InChI=1S/C33H38N6O/c1-4-23-14-16-25(17-15-23)22-39-30(19-18-24-10-6-5-7-11-24)37-38-31(39)28(21-36-32(40)33(2,3)34)27-20-35-29-13-9-8-12-26(27)29/h5-17,20,28,35H,4,18-19,21-22,34H2,1-3H3,(H,36,40). The summed E-state index contributed by atoms with van der Waals surface area (Å²) in [4.78, 5) is 16.2. The van der Waals surface area contributed by atoms with E-state index in [9.17, 15) is 4.79 Å². The van der Waals surface area contributed by atoms with Gasteiger partial charge in [0.05, 0.1) is 18.0 Å². The van der Waals surface area contributed by atoms with Crippen molar-refractivity contribution in [3.05, 3.63) is 119 Å². The molecule has 0 spiro atoms. The number of hydrogen-bond acceptors (Lipinski definition) is 4. The number of carbonyl (C=O) groups is 1. The van der Waals surface area contributed by atoms with Crippen molar-refractivity contribution in [1.82, 2.24) is 25.1 Å². The zero-order valence-electron chi connectivity index (χ0n) is 23.5. The lowest BCUT2D eigenvalue weighted by molar-refractivity contribution is -0.125. The number of aromatic nitrogens is 4. The number of amides is 1. The highest BCUT2D eigenvalue weighted by molar-refractivity contribution is 5.86. The molecular formula is C33H38N6O. The number of fused-ring (bicyclic) bond motifs is 1. The van der Waals surface area contributed by atoms with E-state index in [1.165, 1.54) is 16.7 Å². The van der Waals surface area contributed by atoms with Crippen LogP contribution in [0.5, 0.6) is 0 Å². The topological polar surface area (TPSA) is 102 Å². The van der Waals surface area contributed by atoms with Gasteiger partial charge in [0.1, 0.15) is 11.6 Å². The summed E-state index contributed by atoms with van der Waals surface area (Å²) in [6.45, 7) is 6.59. The van der Waals surface area contributed by atoms with Crippen LogP contribution in [0, 0.1) is 0 Å². The maximum absolute atomic E-state index is 12.8. The molecule has 4 N–H and O–H groups in total. The van der Waals surface area contributed by atoms with Gasteiger partial charge in [-0.2, -0.15) is 0 Å². The average Bonchev–Trinajstić information content (AvgIpc) is 3.57. The predicted molar refractivity (Wildman–Crippen MR) is 160 cm³/mol. The fourth-order valence-corrected chi connectivity index (χ4v) is 5.07. The van der Waals surface area contributed by atoms with Crippen molar-refractivity contribution in [2.24, 2.45) is 5.73 Å². The third kappa shape index (κ3) is 6.15. The average molecular weight is 535 g/mol. The number of benzene rings is 3. The Morgan fingerprint density at radius 3 is 2.35 bits per heavy atom. The first kappa shape index (κ1) is 27.3. The molecule has 1 amide bonds. The summed E-state index contributed by atoms with van der Waals surface area (Å²) in [5.41, 5.74) is 11.0. The Morgan fingerprint density at radius 2 is 1.62 bits per heavy atom. The number of aromatic amines is 1. The second-order valence-electron chi connectivity index (χ2n) is 11.0. The van der Waals surface area contributed by atoms with E-state index >= 15 is 0 Å². The molecule has 0 aliphatic carbocycles. The minimum atomic E-state index is -0.986. The van der Waals surface area contributed by atoms with Crippen LogP contribution in [0.15, 0.2) is 85.1 Å². The Bertz CT molecular complexity index is 1560. The minimum Gasteiger partial charge on any atom is -0.361 e. The number of para-hydroxylation sites is 1. The third-order valence-corrected chi connectivity index (χ3v) is 7.47. The maximum atomic E-state index is 12.8. The molecule has 2 heterocycles. The number of H-pyrrole nitrogens is 1. The van der Waals surface area contributed by atoms with E-state index in [1.54, 1.807) is 13.8 Å². The van der Waals surface area contributed by atoms with Gasteiger partial charge in [0.2, 0.25) is 5.91 Å². The Kier molecular flexibility index (Phi) is 8.12. The van der Waals surface area contributed by atoms with Gasteiger partial charge in [-0.3, -0.25) is 4.79 Å². The van der Waals surface area contributed by atoms with Gasteiger partial charge in [0.15, 0.2) is 0 Å². The van der Waals surface area contributed by atoms with Crippen molar-refractivity contribution in [2.75, 3.05) is 6.54 Å². The highest BCUT2D eigenvalue weighted by Crippen LogP contribution is 2.31. The number of hydrogen-bond donors (Lipinski definition) is 3. The Morgan fingerprint density at radius 1 is 0.925 bits per heavy atom. The molecule has 7 heteroatoms. The molecule has 40 heavy (non-hydrogen) atoms. The van der Waals surface area contributed by atoms with Gasteiger partial charge in [-0.05, 0) is 55.0 Å². The summed E-state index contributed by atoms with van der Waals surface area (Å²) in [6.07, 6.45) is 4.64. The Balaban J connectivity index is 1.56. The van der Waals surface area contributed by atoms with Gasteiger partial charge >= 0.3 is 0 Å². The smallest absolute Gasteiger partial charge is 0.239 e. The van der Waals surface area contributed by atoms with E-state index in [2.05, 4.69) is 82.5 Å². The van der Waals surface area contributed by atoms with Crippen LogP contribution in [0.1, 0.15) is 60.6 Å². The molecule has 0 radical (unpaired) electrons. The van der Waals surface area contributed by atoms with Gasteiger partial charge in [0.25, 0.3) is 0 Å². The quantitative estimate of drug-likeness (QED) is 0.218. The van der Waals surface area contributed by atoms with Crippen LogP contribution < -0.4 is 11.1 Å². The van der Waals surface area contributed by atoms with Gasteiger partial charge in [-0.15, -0.1) is 10.2 Å². The summed E-state index contributed by atoms with van der Waals surface area (Å²) in [6, 6.07) is 27.4. The molecule has 3 aromatic carbocycles. The van der Waals surface area contributed by atoms with Gasteiger partial charge in [0, 0.05) is 30.1 Å². The summed E-state index contributed by atoms with van der Waals surface area (Å²) in [5, 5.41) is 13.7. The van der Waals surface area contributed by atoms with Crippen LogP contribution in [-0.2, 0) is 30.6 Å². The summed E-state index contributed by atoms with van der Waals surface area (Å²) >= 11 is 0. The summed E-state index contributed by atoms with van der Waals surface area (Å²) < 4.78 is 2.23. The molecule has 206 valence electrons. The molecule has 5 aromatic rings. The van der Waals surface area contributed by atoms with E-state index in [-0.39, 0.29) is 11.8 Å². The molecule has 0 saturated heterocycles. The first-order valence-corrected chi connectivity index (χ1v) is 14.0. The number of nitrogens with two attached hydrogens (primary N) is 1. The van der Waals surface area contributed by atoms with Crippen molar-refractivity contribution in [3.63, 3.8) is 0 Å². The van der Waals surface area contributed by atoms with Crippen LogP contribution in [0.2, 0.25) is 0 Å². The van der Waals surface area contributed by atoms with E-state index in [0.717, 1.165) is 47.4 Å². The lowest BCUT2D eigenvalue weighted by Gasteiger charge is -2.23. The van der Waals surface area contributed by atoms with Crippen molar-refractivity contribution >= 4 is 16.8 Å². The SMILES string of the molecule is CCc1ccc(Cn2c(CCc3ccccc3)nnc2C(CNC(=O)C(C)(C)N)c2c[nH]c3ccccc23)cc1. The first-order valence-electron chi connectivity index (χ1n) is 14.0. The van der Waals surface area contributed by atoms with E-state index in [1.807, 2.05) is 24.4 Å². The van der Waals surface area contributed by atoms with E-state index in [0.29, 0.717) is 13.1 Å². The monoisotopic (exact) mass is 534 g/mol. The van der Waals surface area contributed by atoms with E-state index in [4.69, 9.17) is 15.9 Å². The van der Waals surface area contributed by atoms with Gasteiger partial charge in [-0.1, -0.05) is 79.7 Å². The van der Waals surface area contributed by atoms with Crippen molar-refractivity contribution in [1.29, 1.82) is 0 Å². The van der Waals surface area contributed by atoms with Gasteiger partial charge in [-0.25, -0.2) is 0 Å². The zero-order chi connectivity index (χ0) is 28.1. The largest absolute Gasteiger partial charge is 0.361 e. The molecule has 1 atom stereocenters. The molecule has 0 aliphatic rings. The van der Waals surface area contributed by atoms with E-state index < -0.39 is 5.54 Å². The lowest BCUT2D eigenvalue weighted by atomic mass is 9.96. The van der Waals surface area contributed by atoms with Crippen molar-refractivity contribution in [2.45, 2.75) is 58.0 Å². The second-order valence-corrected chi connectivity index (χ2v) is 11.0. The molecule has 2 aromatic heterocycles. The van der Waals surface area contributed by atoms with Crippen LogP contribution in [0.25, 0.3) is 10.9 Å². The fraction of sp³-hybridized carbons (Fsp3) is 0.303. The van der Waals surface area contributed by atoms with Crippen LogP contribution in [0.3, 0.4) is 0 Å². The van der Waals surface area contributed by atoms with Crippen LogP contribution in [0.4, 0.5) is 0 Å². The maximum Gasteiger partial charge on any atom is 0.239 e. The van der Waals surface area contributed by atoms with Crippen LogP contribution >= 0.6 is 0 Å². The number of carbonyl (C=O) groups excluding carboxylic acids is 1. The lowest BCUT2D eigenvalue weighted by Crippen LogP contribution is -2.50. The Hall–Kier alpha value is -4.23. The normalized spacial score (nSPS) is 12.5. The zero-order valence-corrected chi connectivity index (χ0v) is 23.5. The fourth-order valence-electron chi connectivity index (χ4n) is 5.07. The van der Waals surface area contributed by atoms with Gasteiger partial charge < -0.3 is 20.6 Å². The molecule has 0 saturated carbocycles. The highest BCUT2D eigenvalue weighted by atomic mass is 16.2. The third-order valence-electron chi connectivity index (χ3n) is 7.47. The molecule has 0 bridgehead atoms. The van der Waals surface area contributed by atoms with Crippen molar-refractivity contribution < 1.29 is 4.79 Å². The molecule has 7 nitrogen and oxygen atoms in total. The molecule has 0 aliphatic heterocycles. The highest BCUT2D eigenvalue weighted by Gasteiger charge is 2.28. The summed E-state index contributed by atoms with van der Waals surface area (Å²) in [5.74, 6) is 1.31. The number of aryl methyl sites for hydroxylation is 3. The molecular weight excluding hydrogens is 496 g/mol. The molecule has 1 unspecified atom stereocenters. The predicted octanol–water partition coefficient (Wildman–Crippen LogP) is 5.14. The van der Waals surface area contributed by atoms with Crippen LogP contribution in [-0.4, -0.2) is 37.7 Å². The second kappa shape index (κ2) is 11.9. The summed E-state index contributed by atoms with van der Waals surface area (Å²) in [7, 11) is 0. The van der Waals surface area contributed by atoms with Crippen molar-refractivity contribution in [3.8, 4) is 0 Å². The Labute approximate surface area is 235 Å². The number of rotatable bonds is 11. The number of nitrogens with zero attached hydrogens (tertiary/aromatic N) is 3. The number of nitrogens with one attached hydrogen (secondary N) is 2. The minimum absolute atomic E-state index is 0.206. The molecule has 0 fully saturated rings. The first-order chi connectivity index (χ1) is 19.3.